The van der Waals surface area contributed by atoms with E-state index in [0.717, 1.165) is 12.8 Å². The van der Waals surface area contributed by atoms with Gasteiger partial charge < -0.3 is 0 Å². The molecule has 0 aliphatic carbocycles. The van der Waals surface area contributed by atoms with Gasteiger partial charge in [0.05, 0.1) is 0 Å². The Kier molecular flexibility index (Phi) is 6.86. The third-order valence-electron chi connectivity index (χ3n) is 12.4. The van der Waals surface area contributed by atoms with Crippen molar-refractivity contribution in [3.05, 3.63) is 216 Å². The molecule has 0 aliphatic rings. The van der Waals surface area contributed by atoms with Crippen LogP contribution < -0.4 is 0 Å². The van der Waals surface area contributed by atoms with E-state index in [1.54, 1.807) is 0 Å². The summed E-state index contributed by atoms with van der Waals surface area (Å²) in [4.78, 5) is 0. The highest BCUT2D eigenvalue weighted by molar-refractivity contribution is 6.44. The highest BCUT2D eigenvalue weighted by Crippen LogP contribution is 2.54. The molecule has 0 nitrogen and oxygen atoms in total. The van der Waals surface area contributed by atoms with Crippen LogP contribution in [0.1, 0.15) is 22.3 Å². The van der Waals surface area contributed by atoms with Crippen LogP contribution in [0.4, 0.5) is 0 Å². The molecule has 0 amide bonds. The molecule has 0 heteroatoms. The summed E-state index contributed by atoms with van der Waals surface area (Å²) < 4.78 is 0. The van der Waals surface area contributed by atoms with Gasteiger partial charge in [-0.1, -0.05) is 188 Å². The van der Waals surface area contributed by atoms with Crippen LogP contribution in [0.15, 0.2) is 194 Å². The van der Waals surface area contributed by atoms with Crippen molar-refractivity contribution in [2.45, 2.75) is 12.8 Å². The van der Waals surface area contributed by atoms with E-state index in [1.165, 1.54) is 120 Å². The highest BCUT2D eigenvalue weighted by Gasteiger charge is 2.26. The molecule has 0 bridgehead atoms. The van der Waals surface area contributed by atoms with Gasteiger partial charge in [0, 0.05) is 0 Å². The van der Waals surface area contributed by atoms with E-state index in [9.17, 15) is 0 Å². The van der Waals surface area contributed by atoms with E-state index in [0.29, 0.717) is 0 Å². The minimum absolute atomic E-state index is 0.903. The summed E-state index contributed by atoms with van der Waals surface area (Å²) in [6.45, 7) is 0. The van der Waals surface area contributed by atoms with Crippen LogP contribution >= 0.6 is 0 Å². The van der Waals surface area contributed by atoms with Crippen molar-refractivity contribution in [3.8, 4) is 22.3 Å². The number of rotatable bonds is 6. The predicted molar refractivity (Wildman–Crippen MR) is 241 cm³/mol. The second kappa shape index (κ2) is 12.2. The molecular weight excluding hydrogens is 673 g/mol. The molecule has 0 saturated carbocycles. The Hall–Kier alpha value is -7.02. The Morgan fingerprint density at radius 3 is 1.45 bits per heavy atom. The van der Waals surface area contributed by atoms with Crippen LogP contribution in [-0.4, -0.2) is 0 Å². The minimum Gasteiger partial charge on any atom is -0.0622 e. The maximum Gasteiger partial charge on any atom is -0.000719 e. The Bertz CT molecular complexity index is 3420. The molecular formula is C56H36. The van der Waals surface area contributed by atoms with Crippen molar-refractivity contribution in [3.63, 3.8) is 0 Å². The van der Waals surface area contributed by atoms with Gasteiger partial charge in [0.25, 0.3) is 0 Å². The molecule has 0 spiro atoms. The summed E-state index contributed by atoms with van der Waals surface area (Å²) in [7, 11) is 0. The van der Waals surface area contributed by atoms with Crippen LogP contribution in [0.3, 0.4) is 0 Å². The van der Waals surface area contributed by atoms with Gasteiger partial charge in [-0.3, -0.25) is 0 Å². The largest absolute Gasteiger partial charge is 0.0622 e. The number of fused-ring (bicyclic) bond motifs is 8. The molecule has 56 heavy (non-hydrogen) atoms. The summed E-state index contributed by atoms with van der Waals surface area (Å²) in [6, 6.07) is 72.6. The third-order valence-corrected chi connectivity index (χ3v) is 12.4. The first-order valence-corrected chi connectivity index (χ1v) is 19.8. The summed E-state index contributed by atoms with van der Waals surface area (Å²) in [5.74, 6) is 0. The van der Waals surface area contributed by atoms with Crippen molar-refractivity contribution in [2.75, 3.05) is 0 Å². The van der Waals surface area contributed by atoms with Crippen molar-refractivity contribution in [1.82, 2.24) is 0 Å². The molecule has 12 aromatic carbocycles. The summed E-state index contributed by atoms with van der Waals surface area (Å²) in [6.07, 6.45) is 1.82. The van der Waals surface area contributed by atoms with Crippen molar-refractivity contribution < 1.29 is 0 Å². The normalized spacial score (nSPS) is 12.1. The van der Waals surface area contributed by atoms with E-state index in [1.807, 2.05) is 0 Å². The van der Waals surface area contributed by atoms with Crippen LogP contribution in [0.5, 0.6) is 0 Å². The highest BCUT2D eigenvalue weighted by atomic mass is 14.3. The summed E-state index contributed by atoms with van der Waals surface area (Å²) in [5.41, 5.74) is 10.5. The van der Waals surface area contributed by atoms with Crippen molar-refractivity contribution >= 4 is 75.4 Å². The Morgan fingerprint density at radius 2 is 0.750 bits per heavy atom. The molecule has 0 unspecified atom stereocenters. The molecule has 0 fully saturated rings. The van der Waals surface area contributed by atoms with E-state index in [4.69, 9.17) is 0 Å². The zero-order chi connectivity index (χ0) is 36.7. The van der Waals surface area contributed by atoms with Crippen LogP contribution in [-0.2, 0) is 12.8 Å². The standard InChI is InChI=1S/C56H36/c1-5-15-35(16-6-1)31-37-27-29-42-47(33-37)43-24-14-25-44-53(43)48(42)34-49-50(38-19-9-3-10-20-38)55-46-30-28-40(32-36-17-7-2-8-18-36)41-23-13-26-45(52(41)46)56(55)51(54(44)49)39-21-11-4-12-22-39/h1-30,33-34H,31-32H2. The first-order valence-electron chi connectivity index (χ1n) is 19.8. The summed E-state index contributed by atoms with van der Waals surface area (Å²) >= 11 is 0. The SMILES string of the molecule is c1ccc(Cc2ccc3c(c2)c2cccc4c5c(-c6ccccc6)c6c7cccc8c(Cc9ccccc9)ccc(c6c(-c6ccccc6)c5cc3c24)c87)cc1. The quantitative estimate of drug-likeness (QED) is 0.151. The lowest BCUT2D eigenvalue weighted by Gasteiger charge is -2.19. The first-order chi connectivity index (χ1) is 27.8. The third kappa shape index (κ3) is 4.60. The molecule has 12 rings (SSSR count). The van der Waals surface area contributed by atoms with Gasteiger partial charge in [-0.2, -0.15) is 0 Å². The maximum atomic E-state index is 2.54. The molecule has 12 aromatic rings. The van der Waals surface area contributed by atoms with Crippen LogP contribution in [0.25, 0.3) is 97.7 Å². The van der Waals surface area contributed by atoms with E-state index >= 15 is 0 Å². The van der Waals surface area contributed by atoms with E-state index in [-0.39, 0.29) is 0 Å². The second-order valence-electron chi connectivity index (χ2n) is 15.5. The predicted octanol–water partition coefficient (Wildman–Crippen LogP) is 15.2. The zero-order valence-corrected chi connectivity index (χ0v) is 30.9. The van der Waals surface area contributed by atoms with Gasteiger partial charge in [0.15, 0.2) is 0 Å². The van der Waals surface area contributed by atoms with Gasteiger partial charge >= 0.3 is 0 Å². The lowest BCUT2D eigenvalue weighted by atomic mass is 9.84. The lowest BCUT2D eigenvalue weighted by Crippen LogP contribution is -1.91. The van der Waals surface area contributed by atoms with Crippen LogP contribution in [0.2, 0.25) is 0 Å². The van der Waals surface area contributed by atoms with Gasteiger partial charge in [0.2, 0.25) is 0 Å². The molecule has 0 saturated heterocycles. The lowest BCUT2D eigenvalue weighted by molar-refractivity contribution is 1.20. The fourth-order valence-corrected chi connectivity index (χ4v) is 10.1. The van der Waals surface area contributed by atoms with Gasteiger partial charge in [0.1, 0.15) is 0 Å². The summed E-state index contributed by atoms with van der Waals surface area (Å²) in [5, 5.41) is 18.7. The van der Waals surface area contributed by atoms with Crippen molar-refractivity contribution in [1.29, 1.82) is 0 Å². The topological polar surface area (TPSA) is 0 Å². The number of hydrogen-bond acceptors (Lipinski definition) is 0. The molecule has 0 radical (unpaired) electrons. The first kappa shape index (κ1) is 31.3. The molecule has 0 aliphatic heterocycles. The Labute approximate surface area is 325 Å². The molecule has 0 heterocycles. The van der Waals surface area contributed by atoms with Gasteiger partial charge in [-0.05, 0) is 139 Å². The fourth-order valence-electron chi connectivity index (χ4n) is 10.1. The molecule has 0 aromatic heterocycles. The Morgan fingerprint density at radius 1 is 0.232 bits per heavy atom. The monoisotopic (exact) mass is 708 g/mol. The van der Waals surface area contributed by atoms with Crippen LogP contribution in [0, 0.1) is 0 Å². The van der Waals surface area contributed by atoms with Crippen molar-refractivity contribution in [2.24, 2.45) is 0 Å². The number of hydrogen-bond donors (Lipinski definition) is 0. The molecule has 0 atom stereocenters. The van der Waals surface area contributed by atoms with E-state index < -0.39 is 0 Å². The zero-order valence-electron chi connectivity index (χ0n) is 30.9. The smallest absolute Gasteiger partial charge is 0.000719 e. The molecule has 0 N–H and O–H groups in total. The maximum absolute atomic E-state index is 2.54. The molecule has 260 valence electrons. The fraction of sp³-hybridized carbons (Fsp3) is 0.0357. The van der Waals surface area contributed by atoms with Gasteiger partial charge in [-0.15, -0.1) is 0 Å². The number of benzene rings is 10. The average Bonchev–Trinajstić information content (AvgIpc) is 3.76. The average molecular weight is 709 g/mol. The second-order valence-corrected chi connectivity index (χ2v) is 15.5. The van der Waals surface area contributed by atoms with E-state index in [2.05, 4.69) is 194 Å². The Balaban J connectivity index is 1.27. The minimum atomic E-state index is 0.903. The van der Waals surface area contributed by atoms with Gasteiger partial charge in [-0.25, -0.2) is 0 Å².